The van der Waals surface area contributed by atoms with E-state index in [2.05, 4.69) is 36.5 Å². The average molecular weight is 401 g/mol. The Balaban J connectivity index is 2.30. The normalized spacial score (nSPS) is 15.2. The molecule has 0 saturated carbocycles. The van der Waals surface area contributed by atoms with Gasteiger partial charge in [0.2, 0.25) is 5.96 Å². The predicted octanol–water partition coefficient (Wildman–Crippen LogP) is 1.96. The van der Waals surface area contributed by atoms with Gasteiger partial charge in [0.25, 0.3) is 0 Å². The number of aliphatic imine (C=N–C) groups is 1. The van der Waals surface area contributed by atoms with Gasteiger partial charge in [-0.3, -0.25) is 5.32 Å². The number of halogens is 2. The van der Waals surface area contributed by atoms with Crippen LogP contribution in [0.3, 0.4) is 0 Å². The van der Waals surface area contributed by atoms with Gasteiger partial charge in [0.1, 0.15) is 35.1 Å². The van der Waals surface area contributed by atoms with Crippen molar-refractivity contribution in [1.82, 2.24) is 10.3 Å². The lowest BCUT2D eigenvalue weighted by molar-refractivity contribution is 0.599. The molecule has 1 atom stereocenters. The van der Waals surface area contributed by atoms with E-state index in [1.807, 2.05) is 6.07 Å². The Kier molecular flexibility index (Phi) is 4.13. The molecule has 124 valence electrons. The fourth-order valence-corrected chi connectivity index (χ4v) is 2.91. The molecule has 25 heavy (non-hydrogen) atoms. The number of nitrogens with one attached hydrogen (secondary N) is 2. The highest BCUT2D eigenvalue weighted by atomic mass is 79.9. The van der Waals surface area contributed by atoms with E-state index in [-0.39, 0.29) is 34.4 Å². The first-order valence-electron chi connectivity index (χ1n) is 6.90. The quantitative estimate of drug-likeness (QED) is 0.422. The van der Waals surface area contributed by atoms with E-state index in [4.69, 9.17) is 16.7 Å². The van der Waals surface area contributed by atoms with Gasteiger partial charge in [0, 0.05) is 15.6 Å². The van der Waals surface area contributed by atoms with E-state index >= 15 is 0 Å². The van der Waals surface area contributed by atoms with Crippen LogP contribution >= 0.6 is 15.9 Å². The molecule has 3 rings (SSSR count). The minimum Gasteiger partial charge on any atom is -0.397 e. The van der Waals surface area contributed by atoms with Crippen molar-refractivity contribution in [2.24, 2.45) is 4.99 Å². The molecule has 0 amide bonds. The highest BCUT2D eigenvalue weighted by Crippen LogP contribution is 2.41. The number of pyridine rings is 1. The summed E-state index contributed by atoms with van der Waals surface area (Å²) in [5.41, 5.74) is 12.4. The van der Waals surface area contributed by atoms with Crippen molar-refractivity contribution in [1.29, 1.82) is 10.5 Å². The smallest absolute Gasteiger partial charge is 0.211 e. The van der Waals surface area contributed by atoms with Crippen LogP contribution in [0.1, 0.15) is 22.7 Å². The van der Waals surface area contributed by atoms with Gasteiger partial charge in [-0.15, -0.1) is 0 Å². The summed E-state index contributed by atoms with van der Waals surface area (Å²) in [5.74, 6) is -0.324. The second kappa shape index (κ2) is 6.26. The van der Waals surface area contributed by atoms with Crippen LogP contribution in [0, 0.1) is 28.6 Å². The molecular weight excluding hydrogens is 391 g/mol. The molecule has 8 nitrogen and oxygen atoms in total. The van der Waals surface area contributed by atoms with Gasteiger partial charge in [-0.1, -0.05) is 15.9 Å². The molecule has 6 N–H and O–H groups in total. The van der Waals surface area contributed by atoms with Gasteiger partial charge in [0.05, 0.1) is 5.69 Å². The molecule has 2 aromatic rings. The van der Waals surface area contributed by atoms with E-state index in [9.17, 15) is 9.65 Å². The molecule has 10 heteroatoms. The summed E-state index contributed by atoms with van der Waals surface area (Å²) in [6, 6.07) is 5.35. The predicted molar refractivity (Wildman–Crippen MR) is 93.5 cm³/mol. The fourth-order valence-electron chi connectivity index (χ4n) is 2.53. The molecule has 1 aliphatic rings. The van der Waals surface area contributed by atoms with Crippen LogP contribution in [0.25, 0.3) is 0 Å². The maximum absolute atomic E-state index is 14.4. The Morgan fingerprint density at radius 1 is 1.32 bits per heavy atom. The van der Waals surface area contributed by atoms with Gasteiger partial charge in [-0.2, -0.15) is 10.5 Å². The third-order valence-electron chi connectivity index (χ3n) is 3.61. The zero-order valence-electron chi connectivity index (χ0n) is 12.5. The number of rotatable bonds is 1. The Labute approximate surface area is 150 Å². The SMILES string of the molecule is N#CNC1=NC(c2cc(Br)ccc2F)c2c(nc(N)c(C#N)c2N)N1. The Morgan fingerprint density at radius 2 is 2.08 bits per heavy atom. The van der Waals surface area contributed by atoms with Crippen molar-refractivity contribution in [2.45, 2.75) is 6.04 Å². The third-order valence-corrected chi connectivity index (χ3v) is 4.10. The summed E-state index contributed by atoms with van der Waals surface area (Å²) in [4.78, 5) is 8.40. The molecule has 2 heterocycles. The molecule has 1 aliphatic heterocycles. The first kappa shape index (κ1) is 16.5. The van der Waals surface area contributed by atoms with Crippen LogP contribution in [0.2, 0.25) is 0 Å². The number of nitrogens with two attached hydrogens (primary N) is 2. The summed E-state index contributed by atoms with van der Waals surface area (Å²) in [7, 11) is 0. The molecular formula is C15H10BrFN8. The molecule has 0 spiro atoms. The van der Waals surface area contributed by atoms with Crippen molar-refractivity contribution in [3.63, 3.8) is 0 Å². The second-order valence-corrected chi connectivity index (χ2v) is 5.98. The lowest BCUT2D eigenvalue weighted by atomic mass is 9.95. The fraction of sp³-hybridized carbons (Fsp3) is 0.0667. The van der Waals surface area contributed by atoms with Crippen molar-refractivity contribution in [3.8, 4) is 12.3 Å². The van der Waals surface area contributed by atoms with E-state index in [0.29, 0.717) is 10.0 Å². The van der Waals surface area contributed by atoms with Gasteiger partial charge in [0.15, 0.2) is 6.19 Å². The number of hydrogen-bond donors (Lipinski definition) is 4. The standard InChI is InChI=1S/C15H10BrFN8/c16-6-1-2-9(17)7(3-6)12-10-11(20)8(4-18)13(21)24-14(10)25-15(23-12)22-5-19/h1-3,12H,(H6,20,21,22,23,24,25). The lowest BCUT2D eigenvalue weighted by Crippen LogP contribution is -2.33. The van der Waals surface area contributed by atoms with E-state index in [1.165, 1.54) is 6.07 Å². The first-order chi connectivity index (χ1) is 12.0. The van der Waals surface area contributed by atoms with Crippen LogP contribution in [0.4, 0.5) is 21.7 Å². The molecule has 0 fully saturated rings. The van der Waals surface area contributed by atoms with E-state index in [1.54, 1.807) is 18.3 Å². The zero-order valence-corrected chi connectivity index (χ0v) is 14.1. The molecule has 1 aromatic carbocycles. The van der Waals surface area contributed by atoms with Crippen molar-refractivity contribution in [2.75, 3.05) is 16.8 Å². The third kappa shape index (κ3) is 2.79. The summed E-state index contributed by atoms with van der Waals surface area (Å²) in [6.45, 7) is 0. The van der Waals surface area contributed by atoms with Crippen molar-refractivity contribution in [3.05, 3.63) is 45.2 Å². The minimum absolute atomic E-state index is 0.00662. The summed E-state index contributed by atoms with van der Waals surface area (Å²) < 4.78 is 15.0. The van der Waals surface area contributed by atoms with Gasteiger partial charge < -0.3 is 16.8 Å². The van der Waals surface area contributed by atoms with Gasteiger partial charge in [-0.25, -0.2) is 14.4 Å². The number of anilines is 3. The second-order valence-electron chi connectivity index (χ2n) is 5.07. The Bertz CT molecular complexity index is 988. The van der Waals surface area contributed by atoms with Crippen molar-refractivity contribution < 1.29 is 4.39 Å². The summed E-state index contributed by atoms with van der Waals surface area (Å²) >= 11 is 3.29. The van der Waals surface area contributed by atoms with Crippen LogP contribution in [0.15, 0.2) is 27.7 Å². The number of fused-ring (bicyclic) bond motifs is 1. The average Bonchev–Trinajstić information content (AvgIpc) is 2.57. The first-order valence-corrected chi connectivity index (χ1v) is 7.69. The molecule has 0 radical (unpaired) electrons. The van der Waals surface area contributed by atoms with Crippen LogP contribution in [-0.2, 0) is 0 Å². The molecule has 0 bridgehead atoms. The van der Waals surface area contributed by atoms with Crippen LogP contribution in [0.5, 0.6) is 0 Å². The maximum Gasteiger partial charge on any atom is 0.211 e. The summed E-state index contributed by atoms with van der Waals surface area (Å²) in [6.07, 6.45) is 1.73. The highest BCUT2D eigenvalue weighted by Gasteiger charge is 2.31. The highest BCUT2D eigenvalue weighted by molar-refractivity contribution is 9.10. The van der Waals surface area contributed by atoms with Gasteiger partial charge >= 0.3 is 0 Å². The van der Waals surface area contributed by atoms with E-state index in [0.717, 1.165) is 0 Å². The maximum atomic E-state index is 14.4. The molecule has 0 aliphatic carbocycles. The van der Waals surface area contributed by atoms with Crippen LogP contribution < -0.4 is 22.1 Å². The molecule has 1 aromatic heterocycles. The van der Waals surface area contributed by atoms with Gasteiger partial charge in [-0.05, 0) is 18.2 Å². The number of nitrogens with zero attached hydrogens (tertiary/aromatic N) is 4. The lowest BCUT2D eigenvalue weighted by Gasteiger charge is -2.26. The minimum atomic E-state index is -0.912. The molecule has 0 saturated heterocycles. The number of benzene rings is 1. The summed E-state index contributed by atoms with van der Waals surface area (Å²) in [5, 5.41) is 23.2. The Morgan fingerprint density at radius 3 is 2.76 bits per heavy atom. The zero-order chi connectivity index (χ0) is 18.1. The topological polar surface area (TPSA) is 149 Å². The number of nitrogen functional groups attached to an aromatic ring is 2. The van der Waals surface area contributed by atoms with Crippen molar-refractivity contribution >= 4 is 39.2 Å². The van der Waals surface area contributed by atoms with E-state index < -0.39 is 11.9 Å². The number of nitriles is 2. The van der Waals surface area contributed by atoms with Crippen LogP contribution in [-0.4, -0.2) is 10.9 Å². The monoisotopic (exact) mass is 400 g/mol. The number of aromatic nitrogens is 1. The number of hydrogen-bond acceptors (Lipinski definition) is 8. The Hall–Kier alpha value is -3.37. The number of guanidine groups is 1. The molecule has 1 unspecified atom stereocenters. The largest absolute Gasteiger partial charge is 0.397 e.